The number of halogens is 2. The van der Waals surface area contributed by atoms with Crippen molar-refractivity contribution in [3.63, 3.8) is 0 Å². The van der Waals surface area contributed by atoms with Crippen LogP contribution in [-0.2, 0) is 28.0 Å². The Morgan fingerprint density at radius 1 is 1.60 bits per heavy atom. The molecule has 3 heterocycles. The third-order valence-corrected chi connectivity index (χ3v) is 6.55. The highest BCUT2D eigenvalue weighted by Gasteiger charge is 2.45. The summed E-state index contributed by atoms with van der Waals surface area (Å²) in [4.78, 5) is 14.9. The minimum Gasteiger partial charge on any atom is -0.382 e. The number of fused-ring (bicyclic) bond motifs is 2. The van der Waals surface area contributed by atoms with Crippen molar-refractivity contribution in [1.82, 2.24) is 4.90 Å². The molecular formula is C17H24F2N2O3S. The molecule has 3 atom stereocenters. The van der Waals surface area contributed by atoms with Crippen LogP contribution in [0, 0.1) is 0 Å². The molecule has 0 unspecified atom stereocenters. The van der Waals surface area contributed by atoms with Crippen molar-refractivity contribution in [2.45, 2.75) is 56.8 Å². The largest absolute Gasteiger partial charge is 0.382 e. The molecule has 5 nitrogen and oxygen atoms in total. The van der Waals surface area contributed by atoms with Gasteiger partial charge in [-0.05, 0) is 37.8 Å². The van der Waals surface area contributed by atoms with Crippen LogP contribution < -0.4 is 5.73 Å². The molecule has 0 saturated carbocycles. The van der Waals surface area contributed by atoms with Gasteiger partial charge in [-0.3, -0.25) is 9.69 Å². The minimum absolute atomic E-state index is 0.0920. The molecule has 2 aliphatic rings. The lowest BCUT2D eigenvalue weighted by Gasteiger charge is -2.47. The molecule has 1 fully saturated rings. The number of likely N-dealkylation sites (tertiary alicyclic amines) is 1. The smallest absolute Gasteiger partial charge is 0.247 e. The maximum Gasteiger partial charge on any atom is 0.247 e. The highest BCUT2D eigenvalue weighted by atomic mass is 32.1. The average Bonchev–Trinajstić information content (AvgIpc) is 2.93. The van der Waals surface area contributed by atoms with E-state index >= 15 is 0 Å². The number of carbonyl (C=O) groups excluding carboxylic acids is 1. The molecule has 1 spiro atoms. The first-order valence-electron chi connectivity index (χ1n) is 8.56. The first-order valence-corrected chi connectivity index (χ1v) is 9.38. The standard InChI is InChI=1S/C17H24F2N2O3S/c1-10-8-17(3-4-21(10)9-13(22)16(20)23)15-11(2-5-24-17)6-12(25-15)7-14(18)19/h6,10,13-14,22H,2-5,7-9H2,1H3,(H2,20,23)/t10-,13+,17+/m0/s1. The number of nitrogens with zero attached hydrogens (tertiary/aromatic N) is 1. The number of ether oxygens (including phenoxy) is 1. The first kappa shape index (κ1) is 18.7. The summed E-state index contributed by atoms with van der Waals surface area (Å²) in [5, 5.41) is 9.73. The van der Waals surface area contributed by atoms with Crippen molar-refractivity contribution in [3.8, 4) is 0 Å². The van der Waals surface area contributed by atoms with Gasteiger partial charge in [-0.1, -0.05) is 0 Å². The number of aliphatic hydroxyl groups excluding tert-OH is 1. The van der Waals surface area contributed by atoms with Crippen LogP contribution in [0.5, 0.6) is 0 Å². The van der Waals surface area contributed by atoms with E-state index in [4.69, 9.17) is 10.5 Å². The lowest BCUT2D eigenvalue weighted by Crippen LogP contribution is -2.53. The van der Waals surface area contributed by atoms with Crippen molar-refractivity contribution >= 4 is 17.2 Å². The normalized spacial score (nSPS) is 28.3. The van der Waals surface area contributed by atoms with Crippen LogP contribution in [0.15, 0.2) is 6.07 Å². The molecule has 0 radical (unpaired) electrons. The lowest BCUT2D eigenvalue weighted by atomic mass is 9.82. The van der Waals surface area contributed by atoms with Gasteiger partial charge in [-0.25, -0.2) is 8.78 Å². The van der Waals surface area contributed by atoms with Gasteiger partial charge in [0.25, 0.3) is 0 Å². The molecule has 1 aromatic heterocycles. The predicted octanol–water partition coefficient (Wildman–Crippen LogP) is 1.65. The Labute approximate surface area is 149 Å². The Balaban J connectivity index is 1.76. The van der Waals surface area contributed by atoms with E-state index in [0.717, 1.165) is 16.9 Å². The molecule has 0 aromatic carbocycles. The number of piperidine rings is 1. The van der Waals surface area contributed by atoms with E-state index < -0.39 is 24.0 Å². The minimum atomic E-state index is -2.34. The Morgan fingerprint density at radius 2 is 2.36 bits per heavy atom. The Bertz CT molecular complexity index is 639. The number of thiophene rings is 1. The van der Waals surface area contributed by atoms with Crippen LogP contribution in [0.2, 0.25) is 0 Å². The molecule has 3 rings (SSSR count). The fourth-order valence-electron chi connectivity index (χ4n) is 3.91. The van der Waals surface area contributed by atoms with Crippen molar-refractivity contribution in [3.05, 3.63) is 21.4 Å². The summed E-state index contributed by atoms with van der Waals surface area (Å²) in [6.07, 6.45) is -1.55. The summed E-state index contributed by atoms with van der Waals surface area (Å²) in [5.74, 6) is -0.724. The van der Waals surface area contributed by atoms with Crippen molar-refractivity contribution in [2.75, 3.05) is 19.7 Å². The Hall–Kier alpha value is -1.09. The van der Waals surface area contributed by atoms with Gasteiger partial charge >= 0.3 is 0 Å². The number of alkyl halides is 2. The molecule has 140 valence electrons. The molecule has 25 heavy (non-hydrogen) atoms. The molecule has 1 saturated heterocycles. The highest BCUT2D eigenvalue weighted by molar-refractivity contribution is 7.12. The van der Waals surface area contributed by atoms with Gasteiger partial charge in [0.15, 0.2) is 0 Å². The van der Waals surface area contributed by atoms with Gasteiger partial charge in [0.2, 0.25) is 12.3 Å². The van der Waals surface area contributed by atoms with E-state index in [1.807, 2.05) is 17.9 Å². The van der Waals surface area contributed by atoms with E-state index in [1.165, 1.54) is 11.3 Å². The van der Waals surface area contributed by atoms with Gasteiger partial charge in [-0.2, -0.15) is 0 Å². The lowest BCUT2D eigenvalue weighted by molar-refractivity contribution is -0.131. The number of rotatable bonds is 5. The fourth-order valence-corrected chi connectivity index (χ4v) is 5.30. The third kappa shape index (κ3) is 3.86. The Kier molecular flexibility index (Phi) is 5.43. The van der Waals surface area contributed by atoms with E-state index in [1.54, 1.807) is 0 Å². The summed E-state index contributed by atoms with van der Waals surface area (Å²) in [7, 11) is 0. The van der Waals surface area contributed by atoms with Gasteiger partial charge in [-0.15, -0.1) is 11.3 Å². The maximum atomic E-state index is 12.7. The molecule has 0 aliphatic carbocycles. The molecular weight excluding hydrogens is 350 g/mol. The zero-order valence-corrected chi connectivity index (χ0v) is 15.0. The second-order valence-corrected chi connectivity index (χ2v) is 8.11. The Morgan fingerprint density at radius 3 is 3.00 bits per heavy atom. The molecule has 3 N–H and O–H groups in total. The van der Waals surface area contributed by atoms with Crippen molar-refractivity contribution < 1.29 is 23.4 Å². The number of amides is 1. The summed E-state index contributed by atoms with van der Waals surface area (Å²) < 4.78 is 31.6. The monoisotopic (exact) mass is 374 g/mol. The highest BCUT2D eigenvalue weighted by Crippen LogP contribution is 2.47. The number of carbonyl (C=O) groups is 1. The van der Waals surface area contributed by atoms with Crippen LogP contribution in [0.1, 0.15) is 35.1 Å². The third-order valence-electron chi connectivity index (χ3n) is 5.17. The van der Waals surface area contributed by atoms with Crippen molar-refractivity contribution in [1.29, 1.82) is 0 Å². The van der Waals surface area contributed by atoms with Gasteiger partial charge in [0.05, 0.1) is 6.61 Å². The van der Waals surface area contributed by atoms with E-state index in [2.05, 4.69) is 0 Å². The first-order chi connectivity index (χ1) is 11.8. The van der Waals surface area contributed by atoms with Crippen LogP contribution in [0.4, 0.5) is 8.78 Å². The number of primary amides is 1. The zero-order chi connectivity index (χ0) is 18.2. The van der Waals surface area contributed by atoms with E-state index in [-0.39, 0.29) is 19.0 Å². The quantitative estimate of drug-likeness (QED) is 0.822. The topological polar surface area (TPSA) is 75.8 Å². The second kappa shape index (κ2) is 7.26. The number of hydrogen-bond acceptors (Lipinski definition) is 5. The van der Waals surface area contributed by atoms with E-state index in [0.29, 0.717) is 30.9 Å². The number of aliphatic hydroxyl groups is 1. The average molecular weight is 374 g/mol. The van der Waals surface area contributed by atoms with E-state index in [9.17, 15) is 18.7 Å². The van der Waals surface area contributed by atoms with Crippen LogP contribution >= 0.6 is 11.3 Å². The summed E-state index contributed by atoms with van der Waals surface area (Å²) in [6.45, 7) is 3.49. The SMILES string of the molecule is C[C@H]1C[C@@]2(CCN1C[C@@H](O)C(N)=O)OCCc1cc(CC(F)F)sc12. The molecule has 1 aromatic rings. The number of hydrogen-bond donors (Lipinski definition) is 2. The molecule has 0 bridgehead atoms. The molecule has 2 aliphatic heterocycles. The van der Waals surface area contributed by atoms with Gasteiger partial charge < -0.3 is 15.6 Å². The van der Waals surface area contributed by atoms with Crippen LogP contribution in [0.25, 0.3) is 0 Å². The molecule has 8 heteroatoms. The number of nitrogens with two attached hydrogens (primary N) is 1. The number of β-amino-alcohol motifs (C(OH)–C–C–N with tert-alkyl or cyclic N) is 1. The molecule has 1 amide bonds. The van der Waals surface area contributed by atoms with Crippen LogP contribution in [-0.4, -0.2) is 54.2 Å². The summed E-state index contributed by atoms with van der Waals surface area (Å²) >= 11 is 1.44. The maximum absolute atomic E-state index is 12.7. The van der Waals surface area contributed by atoms with Crippen LogP contribution in [0.3, 0.4) is 0 Å². The predicted molar refractivity (Wildman–Crippen MR) is 90.8 cm³/mol. The van der Waals surface area contributed by atoms with Gasteiger partial charge in [0, 0.05) is 35.3 Å². The fraction of sp³-hybridized carbons (Fsp3) is 0.706. The zero-order valence-electron chi connectivity index (χ0n) is 14.2. The van der Waals surface area contributed by atoms with Gasteiger partial charge in [0.1, 0.15) is 11.7 Å². The summed E-state index contributed by atoms with van der Waals surface area (Å²) in [6, 6.07) is 2.00. The van der Waals surface area contributed by atoms with Crippen molar-refractivity contribution in [2.24, 2.45) is 5.73 Å². The summed E-state index contributed by atoms with van der Waals surface area (Å²) in [5.41, 5.74) is 5.83. The second-order valence-electron chi connectivity index (χ2n) is 6.97.